The third kappa shape index (κ3) is 9.73. The van der Waals surface area contributed by atoms with E-state index in [2.05, 4.69) is 41.4 Å². The summed E-state index contributed by atoms with van der Waals surface area (Å²) in [7, 11) is 2.16. The molecule has 1 rings (SSSR count). The van der Waals surface area contributed by atoms with Gasteiger partial charge in [-0.1, -0.05) is 30.3 Å². The van der Waals surface area contributed by atoms with Crippen molar-refractivity contribution >= 4 is 29.9 Å². The number of aliphatic imine (C=N–C) groups is 1. The van der Waals surface area contributed by atoms with E-state index in [0.717, 1.165) is 44.0 Å². The van der Waals surface area contributed by atoms with Crippen LogP contribution in [0, 0.1) is 0 Å². The summed E-state index contributed by atoms with van der Waals surface area (Å²) in [5.41, 5.74) is -0.0878. The highest BCUT2D eigenvalue weighted by atomic mass is 127. The maximum atomic E-state index is 10.7. The van der Waals surface area contributed by atoms with Gasteiger partial charge in [-0.25, -0.2) is 4.99 Å². The maximum absolute atomic E-state index is 10.7. The minimum Gasteiger partial charge on any atom is -0.384 e. The van der Waals surface area contributed by atoms with Crippen LogP contribution in [0.4, 0.5) is 0 Å². The molecule has 0 fully saturated rings. The van der Waals surface area contributed by atoms with Gasteiger partial charge in [0.25, 0.3) is 0 Å². The molecule has 1 aromatic rings. The Morgan fingerprint density at radius 2 is 1.85 bits per heavy atom. The Morgan fingerprint density at radius 1 is 1.19 bits per heavy atom. The third-order valence-electron chi connectivity index (χ3n) is 4.40. The Hall–Kier alpha value is -0.860. The molecule has 0 amide bonds. The molecule has 1 unspecified atom stereocenters. The van der Waals surface area contributed by atoms with E-state index in [0.29, 0.717) is 12.6 Å². The lowest BCUT2D eigenvalue weighted by Gasteiger charge is -2.23. The largest absolute Gasteiger partial charge is 0.384 e. The number of hydrogen-bond donors (Lipinski definition) is 3. The first-order valence-electron chi connectivity index (χ1n) is 9.37. The van der Waals surface area contributed by atoms with Crippen molar-refractivity contribution < 1.29 is 5.11 Å². The lowest BCUT2D eigenvalue weighted by atomic mass is 9.96. The number of nitrogens with zero attached hydrogens (tertiary/aromatic N) is 2. The van der Waals surface area contributed by atoms with Crippen molar-refractivity contribution in [2.45, 2.75) is 52.2 Å². The Balaban J connectivity index is 0.00000625. The van der Waals surface area contributed by atoms with E-state index in [1.807, 2.05) is 37.3 Å². The van der Waals surface area contributed by atoms with Crippen molar-refractivity contribution in [3.05, 3.63) is 35.9 Å². The molecule has 0 saturated heterocycles. The predicted molar refractivity (Wildman–Crippen MR) is 122 cm³/mol. The van der Waals surface area contributed by atoms with E-state index >= 15 is 0 Å². The second-order valence-corrected chi connectivity index (χ2v) is 7.04. The molecule has 0 saturated carbocycles. The molecule has 0 aliphatic rings. The molecule has 0 aromatic heterocycles. The van der Waals surface area contributed by atoms with Gasteiger partial charge in [0.15, 0.2) is 5.96 Å². The number of hydrogen-bond acceptors (Lipinski definition) is 3. The molecular weight excluding hydrogens is 439 g/mol. The van der Waals surface area contributed by atoms with E-state index in [4.69, 9.17) is 0 Å². The van der Waals surface area contributed by atoms with Crippen LogP contribution in [0.15, 0.2) is 35.3 Å². The van der Waals surface area contributed by atoms with Gasteiger partial charge in [0, 0.05) is 19.1 Å². The molecule has 0 bridgehead atoms. The smallest absolute Gasteiger partial charge is 0.191 e. The van der Waals surface area contributed by atoms with E-state index in [1.165, 1.54) is 0 Å². The topological polar surface area (TPSA) is 59.9 Å². The van der Waals surface area contributed by atoms with Crippen LogP contribution in [-0.2, 0) is 5.60 Å². The van der Waals surface area contributed by atoms with Crippen LogP contribution in [0.25, 0.3) is 0 Å². The average molecular weight is 476 g/mol. The minimum absolute atomic E-state index is 0. The summed E-state index contributed by atoms with van der Waals surface area (Å²) in [6, 6.07) is 10.3. The molecule has 1 aromatic carbocycles. The van der Waals surface area contributed by atoms with E-state index < -0.39 is 5.60 Å². The first-order chi connectivity index (χ1) is 11.9. The summed E-state index contributed by atoms with van der Waals surface area (Å²) in [4.78, 5) is 6.91. The zero-order valence-electron chi connectivity index (χ0n) is 17.0. The first kappa shape index (κ1) is 25.1. The zero-order chi connectivity index (χ0) is 18.7. The Labute approximate surface area is 176 Å². The number of nitrogens with one attached hydrogen (secondary N) is 2. The molecule has 0 spiro atoms. The Morgan fingerprint density at radius 3 is 2.42 bits per heavy atom. The normalized spacial score (nSPS) is 14.1. The molecule has 3 N–H and O–H groups in total. The second-order valence-electron chi connectivity index (χ2n) is 7.04. The van der Waals surface area contributed by atoms with Crippen LogP contribution in [0.2, 0.25) is 0 Å². The Bertz CT molecular complexity index is 506. The van der Waals surface area contributed by atoms with E-state index in [9.17, 15) is 5.11 Å². The van der Waals surface area contributed by atoms with Gasteiger partial charge in [0.2, 0.25) is 0 Å². The van der Waals surface area contributed by atoms with Crippen LogP contribution >= 0.6 is 24.0 Å². The Kier molecular flexibility index (Phi) is 12.9. The molecule has 6 heteroatoms. The van der Waals surface area contributed by atoms with Gasteiger partial charge in [-0.2, -0.15) is 0 Å². The summed E-state index contributed by atoms with van der Waals surface area (Å²) in [6.45, 7) is 11.4. The molecule has 0 aliphatic heterocycles. The summed E-state index contributed by atoms with van der Waals surface area (Å²) < 4.78 is 0. The molecular formula is C20H37IN4O. The molecule has 1 atom stereocenters. The minimum atomic E-state index is -0.969. The number of benzene rings is 1. The van der Waals surface area contributed by atoms with Crippen LogP contribution < -0.4 is 10.6 Å². The summed E-state index contributed by atoms with van der Waals surface area (Å²) in [5.74, 6) is 0.760. The van der Waals surface area contributed by atoms with Crippen LogP contribution in [-0.4, -0.2) is 55.2 Å². The molecule has 0 aliphatic carbocycles. The van der Waals surface area contributed by atoms with Gasteiger partial charge < -0.3 is 20.6 Å². The lowest BCUT2D eigenvalue weighted by molar-refractivity contribution is 0.0672. The maximum Gasteiger partial charge on any atom is 0.191 e. The lowest BCUT2D eigenvalue weighted by Crippen LogP contribution is -2.39. The number of guanidine groups is 1. The molecule has 150 valence electrons. The fourth-order valence-electron chi connectivity index (χ4n) is 2.41. The average Bonchev–Trinajstić information content (AvgIpc) is 2.59. The van der Waals surface area contributed by atoms with Crippen molar-refractivity contribution in [2.75, 3.05) is 33.2 Å². The number of aliphatic hydroxyl groups is 1. The standard InChI is InChI=1S/C20H36N4O.HI/c1-6-21-19(22-14-10-11-15-24(5)17(2)3)23-16-20(4,25)18-12-8-7-9-13-18;/h7-9,12-13,17,25H,6,10-11,14-16H2,1-5H3,(H2,21,22,23);1H. The first-order valence-corrected chi connectivity index (χ1v) is 9.37. The summed E-state index contributed by atoms with van der Waals surface area (Å²) in [5, 5.41) is 17.3. The van der Waals surface area contributed by atoms with Crippen LogP contribution in [0.5, 0.6) is 0 Å². The van der Waals surface area contributed by atoms with E-state index in [1.54, 1.807) is 6.92 Å². The van der Waals surface area contributed by atoms with Gasteiger partial charge in [0.1, 0.15) is 5.60 Å². The predicted octanol–water partition coefficient (Wildman–Crippen LogP) is 3.19. The highest BCUT2D eigenvalue weighted by molar-refractivity contribution is 14.0. The van der Waals surface area contributed by atoms with Crippen LogP contribution in [0.3, 0.4) is 0 Å². The third-order valence-corrected chi connectivity index (χ3v) is 4.40. The fourth-order valence-corrected chi connectivity index (χ4v) is 2.41. The van der Waals surface area contributed by atoms with Gasteiger partial charge in [0.05, 0.1) is 6.54 Å². The van der Waals surface area contributed by atoms with Crippen molar-refractivity contribution in [1.29, 1.82) is 0 Å². The molecule has 26 heavy (non-hydrogen) atoms. The van der Waals surface area contributed by atoms with Crippen molar-refractivity contribution in [3.63, 3.8) is 0 Å². The molecule has 5 nitrogen and oxygen atoms in total. The van der Waals surface area contributed by atoms with Crippen molar-refractivity contribution in [1.82, 2.24) is 15.5 Å². The fraction of sp³-hybridized carbons (Fsp3) is 0.650. The van der Waals surface area contributed by atoms with Gasteiger partial charge in [-0.05, 0) is 59.7 Å². The van der Waals surface area contributed by atoms with Crippen molar-refractivity contribution in [3.8, 4) is 0 Å². The summed E-state index contributed by atoms with van der Waals surface area (Å²) >= 11 is 0. The highest BCUT2D eigenvalue weighted by Gasteiger charge is 2.22. The van der Waals surface area contributed by atoms with Gasteiger partial charge >= 0.3 is 0 Å². The number of rotatable bonds is 10. The molecule has 0 heterocycles. The van der Waals surface area contributed by atoms with E-state index in [-0.39, 0.29) is 24.0 Å². The highest BCUT2D eigenvalue weighted by Crippen LogP contribution is 2.20. The quantitative estimate of drug-likeness (QED) is 0.210. The second kappa shape index (κ2) is 13.3. The van der Waals surface area contributed by atoms with Crippen LogP contribution in [0.1, 0.15) is 46.1 Å². The SMILES string of the molecule is CCNC(=NCC(C)(O)c1ccccc1)NCCCCN(C)C(C)C.I. The van der Waals surface area contributed by atoms with Crippen molar-refractivity contribution in [2.24, 2.45) is 4.99 Å². The summed E-state index contributed by atoms with van der Waals surface area (Å²) in [6.07, 6.45) is 2.25. The van der Waals surface area contributed by atoms with Gasteiger partial charge in [-0.15, -0.1) is 24.0 Å². The zero-order valence-corrected chi connectivity index (χ0v) is 19.3. The monoisotopic (exact) mass is 476 g/mol. The number of unbranched alkanes of at least 4 members (excludes halogenated alkanes) is 1. The number of halogens is 1. The van der Waals surface area contributed by atoms with Gasteiger partial charge in [-0.3, -0.25) is 0 Å². The molecule has 0 radical (unpaired) electrons.